The van der Waals surface area contributed by atoms with Gasteiger partial charge in [-0.15, -0.1) is 136 Å². The Morgan fingerprint density at radius 3 is 0.920 bits per heavy atom. The van der Waals surface area contributed by atoms with Crippen molar-refractivity contribution in [2.45, 2.75) is 120 Å². The second kappa shape index (κ2) is 40.7. The molecule has 0 unspecified atom stereocenters. The molecule has 20 aromatic rings. The minimum Gasteiger partial charge on any atom is -0.166 e. The van der Waals surface area contributed by atoms with Crippen molar-refractivity contribution in [1.82, 2.24) is 0 Å². The van der Waals surface area contributed by atoms with Gasteiger partial charge in [-0.3, -0.25) is 0 Å². The Bertz CT molecular complexity index is 7220. The smallest absolute Gasteiger partial charge is 0.166 e. The summed E-state index contributed by atoms with van der Waals surface area (Å²) in [5.74, 6) is 0.272. The predicted octanol–water partition coefficient (Wildman–Crippen LogP) is 40.3. The van der Waals surface area contributed by atoms with Gasteiger partial charge in [-0.2, -0.15) is 13.2 Å². The fourth-order valence-corrected chi connectivity index (χ4v) is 36.5. The van der Waals surface area contributed by atoms with Gasteiger partial charge in [0.1, 0.15) is 0 Å². The normalized spacial score (nSPS) is 14.7. The molecule has 138 heavy (non-hydrogen) atoms. The van der Waals surface area contributed by atoms with Crippen LogP contribution in [0.25, 0.3) is 70.7 Å². The minimum atomic E-state index is -4.30. The lowest BCUT2D eigenvalue weighted by Gasteiger charge is -2.38. The molecule has 0 radical (unpaired) electrons. The molecule has 0 spiro atoms. The lowest BCUT2D eigenvalue weighted by atomic mass is 9.65. The molecule has 0 bridgehead atoms. The van der Waals surface area contributed by atoms with Crippen molar-refractivity contribution in [1.29, 1.82) is 0 Å². The summed E-state index contributed by atoms with van der Waals surface area (Å²) in [6.45, 7) is 11.5. The molecule has 18 heteroatoms. The number of alkyl halides is 4. The summed E-state index contributed by atoms with van der Waals surface area (Å²) in [6.07, 6.45) is 8.71. The fourth-order valence-electron chi connectivity index (χ4n) is 21.4. The number of aryl methyl sites for hydroxylation is 1. The summed E-state index contributed by atoms with van der Waals surface area (Å²) in [5, 5.41) is 27.4. The summed E-state index contributed by atoms with van der Waals surface area (Å²) >= 11 is 33.4. The number of rotatable bonds is 16. The molecule has 692 valence electrons. The lowest BCUT2D eigenvalue weighted by molar-refractivity contribution is -0.137. The van der Waals surface area contributed by atoms with Crippen LogP contribution >= 0.6 is 184 Å². The van der Waals surface area contributed by atoms with E-state index in [0.717, 1.165) is 40.7 Å². The summed E-state index contributed by atoms with van der Waals surface area (Å²) in [7, 11) is 0. The Labute approximate surface area is 882 Å². The molecular weight excluding hydrogens is 2120 g/mol. The molecule has 0 atom stereocenters. The van der Waals surface area contributed by atoms with Crippen LogP contribution in [0.5, 0.6) is 0 Å². The van der Waals surface area contributed by atoms with E-state index in [1.807, 2.05) is 113 Å². The van der Waals surface area contributed by atoms with Gasteiger partial charge >= 0.3 is 6.18 Å². The Hall–Kier alpha value is -9.13. The van der Waals surface area contributed by atoms with E-state index in [-0.39, 0.29) is 53.3 Å². The fraction of sp³-hybridized carbons (Fsp3) is 0.167. The third-order valence-electron chi connectivity index (χ3n) is 28.0. The first-order valence-electron chi connectivity index (χ1n) is 45.0. The van der Waals surface area contributed by atoms with Crippen LogP contribution < -0.4 is 0 Å². The SMILES string of the molecule is BrCC1(C(c2ccccc2)c2ccccc2)c2ccsc2-c2sccc21.C.C.C(=C\C1(/C=C/c2ccccc2)c2ccsc2-c2sccc21)/c1ccccc1.CC1(Cc2cccc(Br)c2)c2ccsc2-c2sccc21.CC1(Cc2cccc(C(F)(F)F)c2)c2ccsc2-c2sccc21.CC1(Cc2ccccc2Br)c2ccsc2-c2sccc21.Cc1ccccc1CC1(C)c2ccsc2-c2sccc21. The van der Waals surface area contributed by atoms with E-state index in [0.29, 0.717) is 6.42 Å². The zero-order valence-electron chi connectivity index (χ0n) is 74.7. The number of hydrogen-bond acceptors (Lipinski definition) is 12. The van der Waals surface area contributed by atoms with Crippen molar-refractivity contribution in [2.24, 2.45) is 0 Å². The van der Waals surface area contributed by atoms with Gasteiger partial charge in [-0.05, 0) is 311 Å². The molecule has 0 aliphatic heterocycles. The molecule has 0 saturated carbocycles. The first-order valence-corrected chi connectivity index (χ1v) is 58.3. The molecule has 0 amide bonds. The van der Waals surface area contributed by atoms with Crippen LogP contribution in [0.4, 0.5) is 13.2 Å². The van der Waals surface area contributed by atoms with E-state index < -0.39 is 11.7 Å². The van der Waals surface area contributed by atoms with Gasteiger partial charge in [0.25, 0.3) is 0 Å². The topological polar surface area (TPSA) is 0 Å². The number of benzene rings is 8. The number of hydrogen-bond donors (Lipinski definition) is 0. The molecule has 0 N–H and O–H groups in total. The summed E-state index contributed by atoms with van der Waals surface area (Å²) in [5.41, 5.74) is 28.0. The van der Waals surface area contributed by atoms with Gasteiger partial charge in [0, 0.05) is 106 Å². The molecule has 12 aromatic heterocycles. The van der Waals surface area contributed by atoms with Gasteiger partial charge in [0.05, 0.1) is 11.0 Å². The van der Waals surface area contributed by atoms with Crippen molar-refractivity contribution in [3.63, 3.8) is 0 Å². The molecule has 26 rings (SSSR count). The highest BCUT2D eigenvalue weighted by Gasteiger charge is 2.52. The monoisotopic (exact) mass is 2220 g/mol. The van der Waals surface area contributed by atoms with E-state index in [1.54, 1.807) is 28.7 Å². The predicted molar refractivity (Wildman–Crippen MR) is 612 cm³/mol. The third-order valence-corrected chi connectivity index (χ3v) is 42.1. The van der Waals surface area contributed by atoms with E-state index in [1.165, 1.54) is 186 Å². The first kappa shape index (κ1) is 97.7. The maximum atomic E-state index is 13.0. The third kappa shape index (κ3) is 17.8. The maximum Gasteiger partial charge on any atom is 0.416 e. The first-order chi connectivity index (χ1) is 66.2. The van der Waals surface area contributed by atoms with Gasteiger partial charge in [0.2, 0.25) is 0 Å². The highest BCUT2D eigenvalue weighted by molar-refractivity contribution is 9.11. The quantitative estimate of drug-likeness (QED) is 0.0846. The zero-order valence-corrected chi connectivity index (χ0v) is 89.3. The molecular formula is C120H98Br3F3S12. The van der Waals surface area contributed by atoms with Crippen LogP contribution in [0.2, 0.25) is 0 Å². The van der Waals surface area contributed by atoms with Crippen LogP contribution in [-0.4, -0.2) is 5.33 Å². The van der Waals surface area contributed by atoms with Gasteiger partial charge in [-0.25, -0.2) is 0 Å². The van der Waals surface area contributed by atoms with Crippen molar-refractivity contribution < 1.29 is 13.2 Å². The number of fused-ring (bicyclic) bond motifs is 18. The largest absolute Gasteiger partial charge is 0.416 e. The number of halogens is 6. The van der Waals surface area contributed by atoms with Crippen LogP contribution in [0.15, 0.2) is 377 Å². The Kier molecular flexibility index (Phi) is 28.8. The molecule has 6 aliphatic rings. The minimum absolute atomic E-state index is 0. The van der Waals surface area contributed by atoms with Gasteiger partial charge < -0.3 is 0 Å². The zero-order chi connectivity index (χ0) is 93.1. The van der Waals surface area contributed by atoms with E-state index in [9.17, 15) is 13.2 Å². The summed E-state index contributed by atoms with van der Waals surface area (Å²) < 4.78 is 41.2. The molecule has 0 nitrogen and oxygen atoms in total. The van der Waals surface area contributed by atoms with E-state index in [4.69, 9.17) is 0 Å². The van der Waals surface area contributed by atoms with Crippen molar-refractivity contribution in [2.75, 3.05) is 5.33 Å². The summed E-state index contributed by atoms with van der Waals surface area (Å²) in [6, 6.07) is 102. The van der Waals surface area contributed by atoms with Gasteiger partial charge in [-0.1, -0.05) is 309 Å². The van der Waals surface area contributed by atoms with Crippen LogP contribution in [0.3, 0.4) is 0 Å². The second-order valence-electron chi connectivity index (χ2n) is 36.1. The highest BCUT2D eigenvalue weighted by atomic mass is 79.9. The standard InChI is InChI=1S/C25H18S2.C23H17BrS2.C18H13F3S2.C18H16S2.2C17H13BrS2.2CH4/c1-3-7-19(8-4-1)11-15-25(16-12-20-9-5-2-6-10-20)21-13-17-26-23(21)24-22(25)14-18-27-24;24-15-23(18-11-13-25-21(18)22-19(23)12-14-26-22)20(16-7-3-1-4-8-16)17-9-5-2-6-10-17;1-17(10-11-3-2-4-12(9-11)18(19,20)21)13-5-7-22-15(13)16-14(17)6-8-23-16;1-12-5-3-4-6-13(12)11-18(2)14-7-9-19-16(14)17-15(18)8-10-20-17;1-17(10-11-3-2-4-12(18)9-11)13-5-7-19-15(13)16-14(17)6-8-20-16;1-17(10-11-4-2-3-5-14(11)18)12-6-8-19-15(12)16-13(17)7-9-20-16;;/h1-18H;1-14,20H,15H2;2-9H,10H2,1H3;3-10H,11H2,1-2H3;2*2-9H,10H2,1H3;2*1H4/b15-11+,16-12+;;;;;;;. The Balaban J connectivity index is 0.000000106. The van der Waals surface area contributed by atoms with Crippen molar-refractivity contribution in [3.8, 4) is 58.5 Å². The van der Waals surface area contributed by atoms with Crippen LogP contribution in [0, 0.1) is 6.92 Å². The second-order valence-corrected chi connectivity index (χ2v) is 49.4. The summed E-state index contributed by atoms with van der Waals surface area (Å²) in [4.78, 5) is 17.2. The molecule has 0 fully saturated rings. The van der Waals surface area contributed by atoms with Crippen LogP contribution in [-0.2, 0) is 64.3 Å². The van der Waals surface area contributed by atoms with Gasteiger partial charge in [0.15, 0.2) is 0 Å². The van der Waals surface area contributed by atoms with Crippen molar-refractivity contribution in [3.05, 3.63) is 499 Å². The average Bonchev–Trinajstić information content (AvgIpc) is 1.53. The maximum absolute atomic E-state index is 13.0. The van der Waals surface area contributed by atoms with Crippen LogP contribution in [0.1, 0.15) is 171 Å². The average molecular weight is 2220 g/mol. The lowest BCUT2D eigenvalue weighted by Crippen LogP contribution is -2.35. The van der Waals surface area contributed by atoms with E-state index in [2.05, 4.69) is 438 Å². The molecule has 0 saturated heterocycles. The molecule has 6 aliphatic carbocycles. The van der Waals surface area contributed by atoms with E-state index >= 15 is 0 Å². The number of allylic oxidation sites excluding steroid dienone is 2. The molecule has 8 aromatic carbocycles. The number of thiophene rings is 12. The molecule has 12 heterocycles. The van der Waals surface area contributed by atoms with Crippen molar-refractivity contribution >= 4 is 196 Å². The Morgan fingerprint density at radius 2 is 0.580 bits per heavy atom. The highest BCUT2D eigenvalue weighted by Crippen LogP contribution is 2.64. The Morgan fingerprint density at radius 1 is 0.297 bits per heavy atom.